The van der Waals surface area contributed by atoms with Gasteiger partial charge < -0.3 is 9.47 Å². The molecule has 30 heavy (non-hydrogen) atoms. The lowest BCUT2D eigenvalue weighted by Crippen LogP contribution is -2.64. The molecule has 3 aliphatic carbocycles. The zero-order valence-electron chi connectivity index (χ0n) is 16.9. The summed E-state index contributed by atoms with van der Waals surface area (Å²) in [6, 6.07) is 5.83. The summed E-state index contributed by atoms with van der Waals surface area (Å²) in [6.45, 7) is 1.39. The SMILES string of the molecule is O=S(=O)(O)CCC12CC(COc3ccc(-c4ccnn4C4CCCCO4)nc3)(C1)C2. The number of hydrogen-bond acceptors (Lipinski definition) is 6. The van der Waals surface area contributed by atoms with Gasteiger partial charge in [-0.05, 0) is 68.6 Å². The third-order valence-electron chi connectivity index (χ3n) is 6.78. The number of aromatic nitrogens is 3. The molecule has 162 valence electrons. The van der Waals surface area contributed by atoms with Crippen molar-refractivity contribution in [1.29, 1.82) is 0 Å². The van der Waals surface area contributed by atoms with Gasteiger partial charge in [0, 0.05) is 18.2 Å². The summed E-state index contributed by atoms with van der Waals surface area (Å²) < 4.78 is 44.6. The molecule has 4 fully saturated rings. The van der Waals surface area contributed by atoms with Crippen LogP contribution in [0.15, 0.2) is 30.6 Å². The first-order valence-electron chi connectivity index (χ1n) is 10.6. The summed E-state index contributed by atoms with van der Waals surface area (Å²) in [5, 5.41) is 4.44. The van der Waals surface area contributed by atoms with Crippen molar-refractivity contribution in [2.24, 2.45) is 10.8 Å². The van der Waals surface area contributed by atoms with E-state index in [0.29, 0.717) is 13.0 Å². The van der Waals surface area contributed by atoms with Crippen LogP contribution >= 0.6 is 0 Å². The fraction of sp³-hybridized carbons (Fsp3) is 0.619. The van der Waals surface area contributed by atoms with Crippen LogP contribution in [0.25, 0.3) is 11.4 Å². The van der Waals surface area contributed by atoms with Crippen LogP contribution in [0.4, 0.5) is 0 Å². The Bertz CT molecular complexity index is 992. The molecule has 2 aromatic heterocycles. The average Bonchev–Trinajstić information content (AvgIpc) is 3.16. The maximum atomic E-state index is 11.0. The van der Waals surface area contributed by atoms with Crippen LogP contribution in [0.3, 0.4) is 0 Å². The normalized spacial score (nSPS) is 30.4. The van der Waals surface area contributed by atoms with Crippen molar-refractivity contribution in [3.63, 3.8) is 0 Å². The minimum atomic E-state index is -3.87. The fourth-order valence-electron chi connectivity index (χ4n) is 5.51. The quantitative estimate of drug-likeness (QED) is 0.636. The Balaban J connectivity index is 1.16. The van der Waals surface area contributed by atoms with Crippen molar-refractivity contribution in [1.82, 2.24) is 14.8 Å². The Morgan fingerprint density at radius 3 is 2.70 bits per heavy atom. The Hall–Kier alpha value is -1.97. The summed E-state index contributed by atoms with van der Waals surface area (Å²) in [5.41, 5.74) is 2.03. The Morgan fingerprint density at radius 2 is 2.03 bits per heavy atom. The van der Waals surface area contributed by atoms with Crippen LogP contribution in [-0.2, 0) is 14.9 Å². The lowest BCUT2D eigenvalue weighted by atomic mass is 9.35. The highest BCUT2D eigenvalue weighted by molar-refractivity contribution is 7.85. The maximum Gasteiger partial charge on any atom is 0.264 e. The van der Waals surface area contributed by atoms with Crippen molar-refractivity contribution >= 4 is 10.1 Å². The molecule has 0 radical (unpaired) electrons. The van der Waals surface area contributed by atoms with Gasteiger partial charge in [0.1, 0.15) is 5.75 Å². The van der Waals surface area contributed by atoms with Crippen LogP contribution < -0.4 is 4.74 Å². The van der Waals surface area contributed by atoms with Gasteiger partial charge in [-0.1, -0.05) is 0 Å². The van der Waals surface area contributed by atoms with E-state index < -0.39 is 10.1 Å². The van der Waals surface area contributed by atoms with Gasteiger partial charge in [-0.25, -0.2) is 4.68 Å². The van der Waals surface area contributed by atoms with E-state index in [4.69, 9.17) is 14.0 Å². The fourth-order valence-corrected chi connectivity index (χ4v) is 6.20. The average molecular weight is 434 g/mol. The van der Waals surface area contributed by atoms with Crippen molar-refractivity contribution in [3.05, 3.63) is 30.6 Å². The van der Waals surface area contributed by atoms with Gasteiger partial charge in [0.25, 0.3) is 10.1 Å². The van der Waals surface area contributed by atoms with E-state index >= 15 is 0 Å². The van der Waals surface area contributed by atoms with Crippen molar-refractivity contribution < 1.29 is 22.4 Å². The monoisotopic (exact) mass is 433 g/mol. The molecule has 2 aromatic rings. The zero-order valence-corrected chi connectivity index (χ0v) is 17.7. The third-order valence-corrected chi connectivity index (χ3v) is 7.50. The Kier molecular flexibility index (Phi) is 4.87. The number of ether oxygens (including phenoxy) is 2. The van der Waals surface area contributed by atoms with Crippen LogP contribution in [0.5, 0.6) is 5.75 Å². The molecule has 0 spiro atoms. The van der Waals surface area contributed by atoms with Gasteiger partial charge >= 0.3 is 0 Å². The topological polar surface area (TPSA) is 104 Å². The molecule has 1 N–H and O–H groups in total. The molecule has 0 amide bonds. The molecule has 4 aliphatic rings. The molecule has 8 nitrogen and oxygen atoms in total. The van der Waals surface area contributed by atoms with E-state index in [1.54, 1.807) is 12.4 Å². The van der Waals surface area contributed by atoms with E-state index in [9.17, 15) is 8.42 Å². The first-order valence-corrected chi connectivity index (χ1v) is 12.2. The molecular weight excluding hydrogens is 406 g/mol. The number of nitrogens with zero attached hydrogens (tertiary/aromatic N) is 3. The van der Waals surface area contributed by atoms with E-state index in [1.165, 1.54) is 0 Å². The molecular formula is C21H27N3O5S. The summed E-state index contributed by atoms with van der Waals surface area (Å²) in [4.78, 5) is 4.57. The minimum Gasteiger partial charge on any atom is -0.491 e. The molecule has 0 aromatic carbocycles. The molecule has 3 heterocycles. The van der Waals surface area contributed by atoms with Crippen LogP contribution in [0.1, 0.15) is 51.2 Å². The summed E-state index contributed by atoms with van der Waals surface area (Å²) in [7, 11) is -3.87. The lowest BCUT2D eigenvalue weighted by Gasteiger charge is -2.70. The van der Waals surface area contributed by atoms with E-state index in [1.807, 2.05) is 22.9 Å². The second-order valence-electron chi connectivity index (χ2n) is 9.22. The van der Waals surface area contributed by atoms with Crippen molar-refractivity contribution in [2.75, 3.05) is 19.0 Å². The highest BCUT2D eigenvalue weighted by Crippen LogP contribution is 2.74. The molecule has 1 atom stereocenters. The molecule has 3 saturated carbocycles. The first-order chi connectivity index (χ1) is 14.4. The smallest absolute Gasteiger partial charge is 0.264 e. The highest BCUT2D eigenvalue weighted by Gasteiger charge is 2.67. The maximum absolute atomic E-state index is 11.0. The van der Waals surface area contributed by atoms with Crippen LogP contribution in [-0.4, -0.2) is 46.7 Å². The van der Waals surface area contributed by atoms with E-state index in [0.717, 1.165) is 62.3 Å². The summed E-state index contributed by atoms with van der Waals surface area (Å²) >= 11 is 0. The molecule has 2 bridgehead atoms. The van der Waals surface area contributed by atoms with Crippen LogP contribution in [0.2, 0.25) is 0 Å². The first kappa shape index (κ1) is 20.0. The molecule has 1 unspecified atom stereocenters. The predicted molar refractivity (Wildman–Crippen MR) is 110 cm³/mol. The van der Waals surface area contributed by atoms with Crippen molar-refractivity contribution in [2.45, 2.75) is 51.2 Å². The second kappa shape index (κ2) is 7.32. The third kappa shape index (κ3) is 3.86. The number of rotatable bonds is 8. The summed E-state index contributed by atoms with van der Waals surface area (Å²) in [5.74, 6) is 0.591. The predicted octanol–water partition coefficient (Wildman–Crippen LogP) is 3.47. The molecule has 1 saturated heterocycles. The number of pyridine rings is 1. The van der Waals surface area contributed by atoms with Gasteiger partial charge in [-0.2, -0.15) is 13.5 Å². The minimum absolute atomic E-state index is 0.0288. The van der Waals surface area contributed by atoms with Gasteiger partial charge in [-0.3, -0.25) is 9.54 Å². The largest absolute Gasteiger partial charge is 0.491 e. The molecule has 9 heteroatoms. The Morgan fingerprint density at radius 1 is 1.20 bits per heavy atom. The van der Waals surface area contributed by atoms with Gasteiger partial charge in [-0.15, -0.1) is 0 Å². The van der Waals surface area contributed by atoms with E-state index in [2.05, 4.69) is 10.1 Å². The van der Waals surface area contributed by atoms with Gasteiger partial charge in [0.05, 0.1) is 29.9 Å². The van der Waals surface area contributed by atoms with E-state index in [-0.39, 0.29) is 22.8 Å². The van der Waals surface area contributed by atoms with Gasteiger partial charge in [0.2, 0.25) is 0 Å². The molecule has 6 rings (SSSR count). The second-order valence-corrected chi connectivity index (χ2v) is 10.8. The molecule has 1 aliphatic heterocycles. The standard InChI is InChI=1S/C21H27N3O5S/c25-30(26,27)10-7-20-12-21(13-20,14-20)15-29-16-4-5-17(22-11-16)18-6-8-23-24(18)19-3-1-2-9-28-19/h4-6,8,11,19H,1-3,7,9-10,12-15H2,(H,25,26,27). The number of hydrogen-bond donors (Lipinski definition) is 1. The van der Waals surface area contributed by atoms with Crippen LogP contribution in [0, 0.1) is 10.8 Å². The van der Waals surface area contributed by atoms with Crippen molar-refractivity contribution in [3.8, 4) is 17.1 Å². The summed E-state index contributed by atoms with van der Waals surface area (Å²) in [6.07, 6.45) is 10.2. The van der Waals surface area contributed by atoms with Gasteiger partial charge in [0.15, 0.2) is 6.23 Å². The zero-order chi connectivity index (χ0) is 20.8. The Labute approximate surface area is 176 Å². The highest BCUT2D eigenvalue weighted by atomic mass is 32.2. The lowest BCUT2D eigenvalue weighted by molar-refractivity contribution is -0.219.